The van der Waals surface area contributed by atoms with E-state index in [2.05, 4.69) is 9.88 Å². The lowest BCUT2D eigenvalue weighted by Crippen LogP contribution is -2.51. The summed E-state index contributed by atoms with van der Waals surface area (Å²) in [5.41, 5.74) is 1.04. The Morgan fingerprint density at radius 2 is 2.00 bits per heavy atom. The van der Waals surface area contributed by atoms with Crippen LogP contribution in [0, 0.1) is 5.92 Å². The molecule has 1 atom stereocenters. The van der Waals surface area contributed by atoms with Crippen LogP contribution in [0.5, 0.6) is 11.5 Å². The van der Waals surface area contributed by atoms with E-state index in [1.807, 2.05) is 41.3 Å². The molecule has 1 amide bonds. The second-order valence-electron chi connectivity index (χ2n) is 6.66. The molecule has 2 aliphatic rings. The molecule has 136 valence electrons. The fourth-order valence-corrected chi connectivity index (χ4v) is 3.67. The summed E-state index contributed by atoms with van der Waals surface area (Å²) in [7, 11) is 1.64. The second kappa shape index (κ2) is 7.23. The van der Waals surface area contributed by atoms with E-state index in [9.17, 15) is 4.79 Å². The predicted molar refractivity (Wildman–Crippen MR) is 98.7 cm³/mol. The second-order valence-corrected chi connectivity index (χ2v) is 6.66. The fourth-order valence-electron chi connectivity index (χ4n) is 3.67. The zero-order chi connectivity index (χ0) is 17.9. The van der Waals surface area contributed by atoms with Crippen molar-refractivity contribution in [2.24, 2.45) is 5.92 Å². The van der Waals surface area contributed by atoms with Crippen LogP contribution in [-0.2, 0) is 11.2 Å². The standard InChI is InChI=1S/C20H23N3O3/c1-25-17-6-4-5-15-13-16(14-26-19(15)17)20(24)23-11-9-22(10-12-23)18-7-2-3-8-21-18/h2-8,16H,9-14H2,1H3/t16-/m0/s1. The zero-order valence-corrected chi connectivity index (χ0v) is 14.9. The topological polar surface area (TPSA) is 54.9 Å². The van der Waals surface area contributed by atoms with Crippen LogP contribution in [0.15, 0.2) is 42.6 Å². The number of hydrogen-bond donors (Lipinski definition) is 0. The van der Waals surface area contributed by atoms with Gasteiger partial charge in [0.25, 0.3) is 0 Å². The molecule has 0 radical (unpaired) electrons. The van der Waals surface area contributed by atoms with Gasteiger partial charge in [-0.05, 0) is 30.2 Å². The highest BCUT2D eigenvalue weighted by atomic mass is 16.5. The van der Waals surface area contributed by atoms with Crippen LogP contribution in [-0.4, -0.2) is 55.7 Å². The molecule has 1 aromatic heterocycles. The summed E-state index contributed by atoms with van der Waals surface area (Å²) in [6.45, 7) is 3.46. The van der Waals surface area contributed by atoms with E-state index in [0.717, 1.165) is 49.1 Å². The lowest BCUT2D eigenvalue weighted by molar-refractivity contribution is -0.137. The van der Waals surface area contributed by atoms with Crippen LogP contribution in [0.2, 0.25) is 0 Å². The van der Waals surface area contributed by atoms with E-state index in [4.69, 9.17) is 9.47 Å². The molecule has 0 N–H and O–H groups in total. The molecule has 2 aromatic rings. The van der Waals surface area contributed by atoms with E-state index in [0.29, 0.717) is 13.0 Å². The van der Waals surface area contributed by atoms with Gasteiger partial charge in [-0.25, -0.2) is 4.98 Å². The first-order valence-electron chi connectivity index (χ1n) is 8.99. The number of methoxy groups -OCH3 is 1. The third kappa shape index (κ3) is 3.19. The van der Waals surface area contributed by atoms with Gasteiger partial charge in [0, 0.05) is 32.4 Å². The Balaban J connectivity index is 1.38. The molecule has 1 aromatic carbocycles. The highest BCUT2D eigenvalue weighted by Gasteiger charge is 2.32. The van der Waals surface area contributed by atoms with E-state index in [1.54, 1.807) is 13.3 Å². The molecular formula is C20H23N3O3. The van der Waals surface area contributed by atoms with Gasteiger partial charge in [-0.1, -0.05) is 18.2 Å². The van der Waals surface area contributed by atoms with Gasteiger partial charge in [0.2, 0.25) is 5.91 Å². The van der Waals surface area contributed by atoms with Crippen LogP contribution in [0.4, 0.5) is 5.82 Å². The van der Waals surface area contributed by atoms with Crippen LogP contribution in [0.25, 0.3) is 0 Å². The molecule has 6 nitrogen and oxygen atoms in total. The summed E-state index contributed by atoms with van der Waals surface area (Å²) in [6, 6.07) is 11.8. The van der Waals surface area contributed by atoms with Gasteiger partial charge in [0.05, 0.1) is 13.0 Å². The van der Waals surface area contributed by atoms with Gasteiger partial charge in [-0.3, -0.25) is 4.79 Å². The van der Waals surface area contributed by atoms with Crippen molar-refractivity contribution < 1.29 is 14.3 Å². The number of carbonyl (C=O) groups excluding carboxylic acids is 1. The number of benzene rings is 1. The maximum absolute atomic E-state index is 12.9. The molecule has 2 aliphatic heterocycles. The Hall–Kier alpha value is -2.76. The third-order valence-electron chi connectivity index (χ3n) is 5.09. The van der Waals surface area contributed by atoms with Gasteiger partial charge < -0.3 is 19.3 Å². The minimum Gasteiger partial charge on any atom is -0.493 e. The molecule has 0 spiro atoms. The Morgan fingerprint density at radius 3 is 2.73 bits per heavy atom. The Morgan fingerprint density at radius 1 is 1.15 bits per heavy atom. The number of anilines is 1. The summed E-state index contributed by atoms with van der Waals surface area (Å²) in [5, 5.41) is 0. The van der Waals surface area contributed by atoms with Crippen LogP contribution >= 0.6 is 0 Å². The summed E-state index contributed by atoms with van der Waals surface area (Å²) in [4.78, 5) is 21.5. The molecule has 6 heteroatoms. The van der Waals surface area contributed by atoms with Gasteiger partial charge in [0.15, 0.2) is 11.5 Å². The Labute approximate surface area is 153 Å². The summed E-state index contributed by atoms with van der Waals surface area (Å²) in [6.07, 6.45) is 2.50. The van der Waals surface area contributed by atoms with Crippen molar-refractivity contribution in [1.82, 2.24) is 9.88 Å². The quantitative estimate of drug-likeness (QED) is 0.845. The first kappa shape index (κ1) is 16.7. The number of nitrogens with zero attached hydrogens (tertiary/aromatic N) is 3. The maximum atomic E-state index is 12.9. The normalized spacial score (nSPS) is 19.5. The number of carbonyl (C=O) groups is 1. The largest absolute Gasteiger partial charge is 0.493 e. The lowest BCUT2D eigenvalue weighted by Gasteiger charge is -2.37. The summed E-state index contributed by atoms with van der Waals surface area (Å²) < 4.78 is 11.2. The first-order chi connectivity index (χ1) is 12.8. The maximum Gasteiger partial charge on any atom is 0.229 e. The van der Waals surface area contributed by atoms with Gasteiger partial charge in [-0.15, -0.1) is 0 Å². The predicted octanol–water partition coefficient (Wildman–Crippen LogP) is 1.99. The van der Waals surface area contributed by atoms with E-state index in [1.165, 1.54) is 0 Å². The average Bonchev–Trinajstić information content (AvgIpc) is 2.73. The molecule has 0 aliphatic carbocycles. The number of piperazine rings is 1. The summed E-state index contributed by atoms with van der Waals surface area (Å²) >= 11 is 0. The zero-order valence-electron chi connectivity index (χ0n) is 14.9. The highest BCUT2D eigenvalue weighted by Crippen LogP contribution is 2.36. The number of rotatable bonds is 3. The smallest absolute Gasteiger partial charge is 0.229 e. The van der Waals surface area contributed by atoms with Gasteiger partial charge in [0.1, 0.15) is 12.4 Å². The number of fused-ring (bicyclic) bond motifs is 1. The SMILES string of the molecule is COc1cccc2c1OC[C@@H](C(=O)N1CCN(c3ccccn3)CC1)C2. The van der Waals surface area contributed by atoms with Crippen molar-refractivity contribution in [3.05, 3.63) is 48.2 Å². The fraction of sp³-hybridized carbons (Fsp3) is 0.400. The molecule has 4 rings (SSSR count). The average molecular weight is 353 g/mol. The van der Waals surface area contributed by atoms with E-state index in [-0.39, 0.29) is 11.8 Å². The lowest BCUT2D eigenvalue weighted by atomic mass is 9.95. The molecule has 26 heavy (non-hydrogen) atoms. The number of para-hydroxylation sites is 1. The van der Waals surface area contributed by atoms with Gasteiger partial charge >= 0.3 is 0 Å². The van der Waals surface area contributed by atoms with Crippen molar-refractivity contribution in [2.45, 2.75) is 6.42 Å². The molecule has 0 unspecified atom stereocenters. The molecule has 3 heterocycles. The Bertz CT molecular complexity index is 773. The number of amides is 1. The molecule has 1 saturated heterocycles. The minimum atomic E-state index is -0.129. The summed E-state index contributed by atoms with van der Waals surface area (Å²) in [5.74, 6) is 2.54. The number of pyridine rings is 1. The third-order valence-corrected chi connectivity index (χ3v) is 5.09. The molecule has 0 bridgehead atoms. The number of aromatic nitrogens is 1. The van der Waals surface area contributed by atoms with Crippen molar-refractivity contribution in [1.29, 1.82) is 0 Å². The van der Waals surface area contributed by atoms with Crippen LogP contribution in [0.1, 0.15) is 5.56 Å². The van der Waals surface area contributed by atoms with Crippen molar-refractivity contribution in [2.75, 3.05) is 44.8 Å². The number of ether oxygens (including phenoxy) is 2. The molecular weight excluding hydrogens is 330 g/mol. The number of hydrogen-bond acceptors (Lipinski definition) is 5. The minimum absolute atomic E-state index is 0.129. The highest BCUT2D eigenvalue weighted by molar-refractivity contribution is 5.80. The Kier molecular flexibility index (Phi) is 4.65. The first-order valence-corrected chi connectivity index (χ1v) is 8.99. The van der Waals surface area contributed by atoms with Crippen LogP contribution < -0.4 is 14.4 Å². The van der Waals surface area contributed by atoms with E-state index >= 15 is 0 Å². The van der Waals surface area contributed by atoms with Crippen LogP contribution in [0.3, 0.4) is 0 Å². The van der Waals surface area contributed by atoms with Crippen molar-refractivity contribution in [3.8, 4) is 11.5 Å². The van der Waals surface area contributed by atoms with E-state index < -0.39 is 0 Å². The van der Waals surface area contributed by atoms with Crippen molar-refractivity contribution >= 4 is 11.7 Å². The molecule has 0 saturated carbocycles. The molecule has 1 fully saturated rings. The van der Waals surface area contributed by atoms with Crippen molar-refractivity contribution in [3.63, 3.8) is 0 Å². The monoisotopic (exact) mass is 353 g/mol. The van der Waals surface area contributed by atoms with Gasteiger partial charge in [-0.2, -0.15) is 0 Å².